The van der Waals surface area contributed by atoms with E-state index in [-0.39, 0.29) is 18.1 Å². The van der Waals surface area contributed by atoms with E-state index < -0.39 is 17.9 Å². The van der Waals surface area contributed by atoms with Crippen LogP contribution >= 0.6 is 0 Å². The summed E-state index contributed by atoms with van der Waals surface area (Å²) >= 11 is 0. The lowest BCUT2D eigenvalue weighted by Gasteiger charge is -2.38. The van der Waals surface area contributed by atoms with Crippen molar-refractivity contribution in [3.63, 3.8) is 0 Å². The van der Waals surface area contributed by atoms with E-state index in [4.69, 9.17) is 9.72 Å². The summed E-state index contributed by atoms with van der Waals surface area (Å²) in [5.74, 6) is -0.00333. The van der Waals surface area contributed by atoms with E-state index in [1.54, 1.807) is 18.2 Å². The minimum atomic E-state index is -4.78. The van der Waals surface area contributed by atoms with Gasteiger partial charge in [0.25, 0.3) is 5.91 Å². The van der Waals surface area contributed by atoms with Crippen LogP contribution in [0.5, 0.6) is 11.5 Å². The number of carbonyl (C=O) groups excluding carboxylic acids is 1. The number of aromatic nitrogens is 2. The molecule has 5 rings (SSSR count). The molecule has 3 aromatic carbocycles. The van der Waals surface area contributed by atoms with Crippen LogP contribution in [0.15, 0.2) is 72.8 Å². The highest BCUT2D eigenvalue weighted by Crippen LogP contribution is 2.34. The van der Waals surface area contributed by atoms with E-state index in [1.807, 2.05) is 37.3 Å². The number of carbonyl (C=O) groups is 1. The van der Waals surface area contributed by atoms with Gasteiger partial charge in [0.1, 0.15) is 11.5 Å². The molecule has 0 saturated carbocycles. The number of hydrogen-bond donors (Lipinski definition) is 2. The minimum Gasteiger partial charge on any atom is -0.484 e. The van der Waals surface area contributed by atoms with Gasteiger partial charge in [0, 0.05) is 24.2 Å². The molecule has 1 fully saturated rings. The molecule has 4 aromatic rings. The van der Waals surface area contributed by atoms with Gasteiger partial charge in [-0.1, -0.05) is 30.3 Å². The highest BCUT2D eigenvalue weighted by molar-refractivity contribution is 5.95. The van der Waals surface area contributed by atoms with Crippen molar-refractivity contribution in [2.24, 2.45) is 0 Å². The van der Waals surface area contributed by atoms with Gasteiger partial charge in [-0.05, 0) is 67.8 Å². The standard InChI is InChI=1S/C29H27F3N4O4/c1-19-24-17-21(34-26(37)18-39-22-8-10-23(11-9-22)40-29(30,31)32)7-12-25(24)35-27(33-19)36-15-13-28(38,14-16-36)20-5-3-2-4-6-20/h2-12,17,38H,13-16,18H2,1H3,(H,34,37). The van der Waals surface area contributed by atoms with Gasteiger partial charge in [-0.3, -0.25) is 4.79 Å². The number of fused-ring (bicyclic) bond motifs is 1. The molecule has 0 atom stereocenters. The number of rotatable bonds is 7. The Labute approximate surface area is 228 Å². The zero-order chi connectivity index (χ0) is 28.3. The van der Waals surface area contributed by atoms with E-state index in [0.29, 0.717) is 37.6 Å². The second-order valence-corrected chi connectivity index (χ2v) is 9.58. The predicted octanol–water partition coefficient (Wildman–Crippen LogP) is 5.34. The second-order valence-electron chi connectivity index (χ2n) is 9.58. The Morgan fingerprint density at radius 3 is 2.35 bits per heavy atom. The van der Waals surface area contributed by atoms with Crippen LogP contribution in [0.3, 0.4) is 0 Å². The summed E-state index contributed by atoms with van der Waals surface area (Å²) in [6.07, 6.45) is -3.65. The number of nitrogens with zero attached hydrogens (tertiary/aromatic N) is 3. The van der Waals surface area contributed by atoms with Crippen molar-refractivity contribution in [1.29, 1.82) is 0 Å². The number of anilines is 2. The van der Waals surface area contributed by atoms with Crippen molar-refractivity contribution in [2.45, 2.75) is 31.7 Å². The zero-order valence-corrected chi connectivity index (χ0v) is 21.6. The predicted molar refractivity (Wildman–Crippen MR) is 143 cm³/mol. The van der Waals surface area contributed by atoms with Crippen LogP contribution in [0.25, 0.3) is 10.9 Å². The molecule has 1 amide bonds. The van der Waals surface area contributed by atoms with Crippen LogP contribution in [0.2, 0.25) is 0 Å². The fourth-order valence-electron chi connectivity index (χ4n) is 4.68. The van der Waals surface area contributed by atoms with Gasteiger partial charge in [-0.2, -0.15) is 0 Å². The molecule has 0 unspecified atom stereocenters. The van der Waals surface area contributed by atoms with Crippen molar-refractivity contribution in [2.75, 3.05) is 29.9 Å². The lowest BCUT2D eigenvalue weighted by molar-refractivity contribution is -0.274. The first-order valence-electron chi connectivity index (χ1n) is 12.7. The zero-order valence-electron chi connectivity index (χ0n) is 21.6. The topological polar surface area (TPSA) is 96.8 Å². The van der Waals surface area contributed by atoms with Gasteiger partial charge in [-0.25, -0.2) is 9.97 Å². The Kier molecular flexibility index (Phi) is 7.49. The third-order valence-corrected chi connectivity index (χ3v) is 6.77. The van der Waals surface area contributed by atoms with Crippen molar-refractivity contribution in [3.05, 3.63) is 84.1 Å². The monoisotopic (exact) mass is 552 g/mol. The third-order valence-electron chi connectivity index (χ3n) is 6.77. The number of amides is 1. The van der Waals surface area contributed by atoms with Gasteiger partial charge < -0.3 is 24.8 Å². The molecule has 1 aliphatic heterocycles. The Morgan fingerprint density at radius 2 is 1.68 bits per heavy atom. The second kappa shape index (κ2) is 11.0. The van der Waals surface area contributed by atoms with Gasteiger partial charge in [-0.15, -0.1) is 13.2 Å². The summed E-state index contributed by atoms with van der Waals surface area (Å²) in [5, 5.41) is 14.7. The SMILES string of the molecule is Cc1nc(N2CCC(O)(c3ccccc3)CC2)nc2ccc(NC(=O)COc3ccc(OC(F)(F)F)cc3)cc12. The van der Waals surface area contributed by atoms with Crippen molar-refractivity contribution in [1.82, 2.24) is 9.97 Å². The smallest absolute Gasteiger partial charge is 0.484 e. The van der Waals surface area contributed by atoms with Crippen LogP contribution in [-0.4, -0.2) is 47.0 Å². The van der Waals surface area contributed by atoms with Crippen LogP contribution in [-0.2, 0) is 10.4 Å². The molecule has 2 heterocycles. The highest BCUT2D eigenvalue weighted by Gasteiger charge is 2.35. The number of aliphatic hydroxyl groups is 1. The van der Waals surface area contributed by atoms with E-state index in [2.05, 4.69) is 19.9 Å². The molecular weight excluding hydrogens is 525 g/mol. The van der Waals surface area contributed by atoms with Crippen molar-refractivity contribution >= 4 is 28.4 Å². The van der Waals surface area contributed by atoms with E-state index in [0.717, 1.165) is 34.3 Å². The molecule has 1 aliphatic rings. The molecule has 1 saturated heterocycles. The summed E-state index contributed by atoms with van der Waals surface area (Å²) in [5.41, 5.74) is 2.05. The van der Waals surface area contributed by atoms with Crippen molar-refractivity contribution < 1.29 is 32.5 Å². The number of hydrogen-bond acceptors (Lipinski definition) is 7. The molecule has 1 aromatic heterocycles. The number of piperidine rings is 1. The Hall–Kier alpha value is -4.38. The molecule has 8 nitrogen and oxygen atoms in total. The van der Waals surface area contributed by atoms with Crippen molar-refractivity contribution in [3.8, 4) is 11.5 Å². The summed E-state index contributed by atoms with van der Waals surface area (Å²) in [6, 6.07) is 19.8. The van der Waals surface area contributed by atoms with Crippen LogP contribution in [0.1, 0.15) is 24.1 Å². The first-order valence-corrected chi connectivity index (χ1v) is 12.7. The van der Waals surface area contributed by atoms with Gasteiger partial charge >= 0.3 is 6.36 Å². The molecule has 0 bridgehead atoms. The van der Waals surface area contributed by atoms with Gasteiger partial charge in [0.15, 0.2) is 6.61 Å². The maximum absolute atomic E-state index is 12.4. The normalized spacial score (nSPS) is 15.1. The van der Waals surface area contributed by atoms with E-state index in [9.17, 15) is 23.1 Å². The number of aryl methyl sites for hydroxylation is 1. The molecular formula is C29H27F3N4O4. The summed E-state index contributed by atoms with van der Waals surface area (Å²) < 4.78 is 46.0. The quantitative estimate of drug-likeness (QED) is 0.319. The maximum atomic E-state index is 12.4. The number of ether oxygens (including phenoxy) is 2. The largest absolute Gasteiger partial charge is 0.573 e. The van der Waals surface area contributed by atoms with Crippen LogP contribution in [0.4, 0.5) is 24.8 Å². The lowest BCUT2D eigenvalue weighted by atomic mass is 9.84. The number of halogens is 3. The molecule has 208 valence electrons. The maximum Gasteiger partial charge on any atom is 0.573 e. The van der Waals surface area contributed by atoms with Gasteiger partial charge in [0.2, 0.25) is 5.95 Å². The lowest BCUT2D eigenvalue weighted by Crippen LogP contribution is -2.43. The number of benzene rings is 3. The first-order chi connectivity index (χ1) is 19.1. The first kappa shape index (κ1) is 27.2. The van der Waals surface area contributed by atoms with Gasteiger partial charge in [0.05, 0.1) is 16.8 Å². The minimum absolute atomic E-state index is 0.222. The average molecular weight is 553 g/mol. The van der Waals surface area contributed by atoms with Crippen LogP contribution < -0.4 is 19.7 Å². The Morgan fingerprint density at radius 1 is 1.00 bits per heavy atom. The Balaban J connectivity index is 1.19. The fraction of sp³-hybridized carbons (Fsp3) is 0.276. The van der Waals surface area contributed by atoms with E-state index in [1.165, 1.54) is 12.1 Å². The average Bonchev–Trinajstić information content (AvgIpc) is 2.93. The number of alkyl halides is 3. The van der Waals surface area contributed by atoms with E-state index >= 15 is 0 Å². The fourth-order valence-corrected chi connectivity index (χ4v) is 4.68. The summed E-state index contributed by atoms with van der Waals surface area (Å²) in [4.78, 5) is 23.9. The highest BCUT2D eigenvalue weighted by atomic mass is 19.4. The molecule has 11 heteroatoms. The van der Waals surface area contributed by atoms with Crippen LogP contribution in [0, 0.1) is 6.92 Å². The number of nitrogens with one attached hydrogen (secondary N) is 1. The molecule has 2 N–H and O–H groups in total. The molecule has 0 radical (unpaired) electrons. The third kappa shape index (κ3) is 6.42. The molecule has 0 spiro atoms. The molecule has 0 aliphatic carbocycles. The molecule has 40 heavy (non-hydrogen) atoms. The summed E-state index contributed by atoms with van der Waals surface area (Å²) in [7, 11) is 0. The summed E-state index contributed by atoms with van der Waals surface area (Å²) in [6.45, 7) is 2.76. The Bertz CT molecular complexity index is 1490.